The molecule has 0 radical (unpaired) electrons. The van der Waals surface area contributed by atoms with Gasteiger partial charge in [0.15, 0.2) is 5.58 Å². The Kier molecular flexibility index (Phi) is 12.4. The number of aryl methyl sites for hydroxylation is 6. The lowest BCUT2D eigenvalue weighted by Gasteiger charge is -2.33. The number of phenolic OH excluding ortho intramolecular Hbond substituents is 1. The summed E-state index contributed by atoms with van der Waals surface area (Å²) in [5.41, 5.74) is 23.5. The lowest BCUT2D eigenvalue weighted by Crippen LogP contribution is -2.14. The molecule has 13 aromatic rings. The summed E-state index contributed by atoms with van der Waals surface area (Å²) >= 11 is 0. The van der Waals surface area contributed by atoms with Gasteiger partial charge in [0, 0.05) is 44.0 Å². The van der Waals surface area contributed by atoms with E-state index >= 15 is 0 Å². The van der Waals surface area contributed by atoms with Crippen LogP contribution in [0, 0.1) is 41.5 Å². The summed E-state index contributed by atoms with van der Waals surface area (Å²) in [6.07, 6.45) is 0. The van der Waals surface area contributed by atoms with Gasteiger partial charge in [-0.2, -0.15) is 0 Å². The third-order valence-corrected chi connectivity index (χ3v) is 16.9. The van der Waals surface area contributed by atoms with E-state index in [4.69, 9.17) is 4.42 Å². The van der Waals surface area contributed by atoms with E-state index in [2.05, 4.69) is 273 Å². The lowest BCUT2D eigenvalue weighted by atomic mass is 9.84. The molecule has 0 aliphatic carbocycles. The third kappa shape index (κ3) is 8.19. The Bertz CT molecular complexity index is 4590. The van der Waals surface area contributed by atoms with Crippen LogP contribution < -0.4 is 9.80 Å². The van der Waals surface area contributed by atoms with Crippen molar-refractivity contribution in [2.24, 2.45) is 0 Å². The average Bonchev–Trinajstić information content (AvgIpc) is 3.49. The highest BCUT2D eigenvalue weighted by atomic mass is 16.3. The number of para-hydroxylation sites is 3. The predicted octanol–water partition coefficient (Wildman–Crippen LogP) is 22.2. The maximum absolute atomic E-state index is 13.0. The van der Waals surface area contributed by atoms with E-state index in [0.29, 0.717) is 0 Å². The molecule has 0 saturated carbocycles. The second-order valence-corrected chi connectivity index (χ2v) is 22.9. The molecule has 0 saturated heterocycles. The molecule has 0 amide bonds. The molecule has 80 heavy (non-hydrogen) atoms. The molecule has 1 aromatic heterocycles. The Morgan fingerprint density at radius 3 is 1.34 bits per heavy atom. The first-order valence-electron chi connectivity index (χ1n) is 28.3. The molecule has 13 rings (SSSR count). The van der Waals surface area contributed by atoms with Crippen molar-refractivity contribution in [3.8, 4) is 39.1 Å². The van der Waals surface area contributed by atoms with Gasteiger partial charge in [0.2, 0.25) is 0 Å². The van der Waals surface area contributed by atoms with Gasteiger partial charge in [-0.05, 0) is 173 Å². The molecule has 0 aliphatic rings. The van der Waals surface area contributed by atoms with Crippen LogP contribution in [-0.4, -0.2) is 5.11 Å². The highest BCUT2D eigenvalue weighted by molar-refractivity contribution is 6.30. The normalized spacial score (nSPS) is 11.9. The van der Waals surface area contributed by atoms with Gasteiger partial charge in [0.1, 0.15) is 11.3 Å². The Morgan fingerprint density at radius 2 is 0.775 bits per heavy atom. The van der Waals surface area contributed by atoms with Crippen LogP contribution in [0.15, 0.2) is 205 Å². The minimum Gasteiger partial charge on any atom is -0.505 e. The maximum atomic E-state index is 13.0. The predicted molar refractivity (Wildman–Crippen MR) is 341 cm³/mol. The Morgan fingerprint density at radius 1 is 0.325 bits per heavy atom. The number of furan rings is 1. The van der Waals surface area contributed by atoms with E-state index in [9.17, 15) is 5.11 Å². The van der Waals surface area contributed by atoms with Gasteiger partial charge in [-0.1, -0.05) is 197 Å². The van der Waals surface area contributed by atoms with Crippen LogP contribution in [-0.2, 0) is 0 Å². The molecule has 392 valence electrons. The number of nitrogens with zero attached hydrogens (tertiary/aromatic N) is 2. The fourth-order valence-electron chi connectivity index (χ4n) is 13.0. The molecule has 0 spiro atoms. The summed E-state index contributed by atoms with van der Waals surface area (Å²) in [6.45, 7) is 22.3. The second-order valence-electron chi connectivity index (χ2n) is 22.9. The number of aromatic hydroxyl groups is 1. The third-order valence-electron chi connectivity index (χ3n) is 16.9. The molecule has 1 N–H and O–H groups in total. The van der Waals surface area contributed by atoms with Gasteiger partial charge in [-0.25, -0.2) is 0 Å². The molecule has 12 aromatic carbocycles. The van der Waals surface area contributed by atoms with Crippen molar-refractivity contribution in [1.29, 1.82) is 0 Å². The van der Waals surface area contributed by atoms with Crippen molar-refractivity contribution in [3.05, 3.63) is 245 Å². The van der Waals surface area contributed by atoms with Crippen LogP contribution in [0.5, 0.6) is 5.75 Å². The van der Waals surface area contributed by atoms with Crippen molar-refractivity contribution < 1.29 is 9.52 Å². The molecule has 0 aliphatic heterocycles. The largest absolute Gasteiger partial charge is 0.505 e. The summed E-state index contributed by atoms with van der Waals surface area (Å²) in [4.78, 5) is 4.81. The number of fused-ring (bicyclic) bond motifs is 3. The second kappa shape index (κ2) is 19.7. The Hall–Kier alpha value is -9.12. The van der Waals surface area contributed by atoms with Gasteiger partial charge < -0.3 is 19.3 Å². The van der Waals surface area contributed by atoms with Crippen LogP contribution >= 0.6 is 0 Å². The highest BCUT2D eigenvalue weighted by Gasteiger charge is 2.30. The summed E-state index contributed by atoms with van der Waals surface area (Å²) in [5, 5.41) is 22.4. The minimum absolute atomic E-state index is 0.175. The van der Waals surface area contributed by atoms with E-state index < -0.39 is 0 Å². The molecule has 0 atom stereocenters. The van der Waals surface area contributed by atoms with E-state index in [1.54, 1.807) is 0 Å². The summed E-state index contributed by atoms with van der Waals surface area (Å²) in [6, 6.07) is 72.9. The van der Waals surface area contributed by atoms with Crippen molar-refractivity contribution in [3.63, 3.8) is 0 Å². The maximum Gasteiger partial charge on any atom is 0.159 e. The number of phenols is 1. The van der Waals surface area contributed by atoms with E-state index in [1.807, 2.05) is 6.07 Å². The van der Waals surface area contributed by atoms with Gasteiger partial charge in [0.25, 0.3) is 0 Å². The van der Waals surface area contributed by atoms with E-state index in [1.165, 1.54) is 71.6 Å². The van der Waals surface area contributed by atoms with Gasteiger partial charge >= 0.3 is 0 Å². The first-order chi connectivity index (χ1) is 38.7. The Balaban J connectivity index is 1.10. The van der Waals surface area contributed by atoms with Gasteiger partial charge in [-0.3, -0.25) is 0 Å². The van der Waals surface area contributed by atoms with Gasteiger partial charge in [-0.15, -0.1) is 0 Å². The molecular weight excluding hydrogens is 973 g/mol. The zero-order chi connectivity index (χ0) is 55.2. The van der Waals surface area contributed by atoms with E-state index in [0.717, 1.165) is 94.7 Å². The lowest BCUT2D eigenvalue weighted by molar-refractivity contribution is 0.478. The fraction of sp³-hybridized carbons (Fsp3) is 0.158. The molecule has 4 heteroatoms. The van der Waals surface area contributed by atoms with Crippen molar-refractivity contribution in [2.75, 3.05) is 9.80 Å². The minimum atomic E-state index is 0.175. The number of benzene rings is 12. The monoisotopic (exact) mass is 1040 g/mol. The quantitative estimate of drug-likeness (QED) is 0.131. The first-order valence-corrected chi connectivity index (χ1v) is 28.3. The van der Waals surface area contributed by atoms with E-state index in [-0.39, 0.29) is 17.6 Å². The topological polar surface area (TPSA) is 39.9 Å². The summed E-state index contributed by atoms with van der Waals surface area (Å²) in [5.74, 6) is 0.595. The molecule has 4 nitrogen and oxygen atoms in total. The molecule has 0 fully saturated rings. The summed E-state index contributed by atoms with van der Waals surface area (Å²) in [7, 11) is 0. The molecular formula is C76H66N2O2. The molecule has 1 heterocycles. The SMILES string of the molecule is Cc1ccc(N(c2cccc(-c3cccc(-c4ccccc4C)c3)c2O)c2cc(C(C)C)c3ccc4c(N(c5ccc(C)cc5C)c5cccc6c5oc5c(-c7ccccc7C)cccc56)cc(C(C)C)c5ccc2c3c54)c(C)c1. The van der Waals surface area contributed by atoms with Crippen LogP contribution in [0.3, 0.4) is 0 Å². The van der Waals surface area contributed by atoms with Crippen LogP contribution in [0.4, 0.5) is 34.1 Å². The van der Waals surface area contributed by atoms with Crippen LogP contribution in [0.25, 0.3) is 87.6 Å². The number of anilines is 6. The van der Waals surface area contributed by atoms with Crippen LogP contribution in [0.2, 0.25) is 0 Å². The standard InChI is InChI=1S/C76H66N2O2/c1-44(2)64-42-70(77(66-37-31-46(5)39-50(66)9)68-29-17-25-56(74(68)79)53-22-15-21-52(41-53)54-23-13-11-19-48(54)7)62-35-33-58-65(45(3)4)43-71(63-36-34-57(64)72(62)73(58)63)78(67-38-32-47(6)40-51(67)10)69-30-18-28-61-60-27-16-26-59(75(60)80-76(61)69)55-24-14-12-20-49(55)8/h11-45,79H,1-10H3. The smallest absolute Gasteiger partial charge is 0.159 e. The van der Waals surface area contributed by atoms with Crippen molar-refractivity contribution >= 4 is 88.4 Å². The highest BCUT2D eigenvalue weighted by Crippen LogP contribution is 2.54. The fourth-order valence-corrected chi connectivity index (χ4v) is 13.0. The summed E-state index contributed by atoms with van der Waals surface area (Å²) < 4.78 is 7.31. The number of hydrogen-bond donors (Lipinski definition) is 1. The molecule has 0 unspecified atom stereocenters. The number of hydrogen-bond acceptors (Lipinski definition) is 4. The average molecular weight is 1040 g/mol. The van der Waals surface area contributed by atoms with Crippen molar-refractivity contribution in [1.82, 2.24) is 0 Å². The Labute approximate surface area is 470 Å². The van der Waals surface area contributed by atoms with Gasteiger partial charge in [0.05, 0.1) is 22.7 Å². The first kappa shape index (κ1) is 50.4. The zero-order valence-corrected chi connectivity index (χ0v) is 47.5. The van der Waals surface area contributed by atoms with Crippen molar-refractivity contribution in [2.45, 2.75) is 81.1 Å². The number of rotatable bonds is 11. The van der Waals surface area contributed by atoms with Crippen LogP contribution in [0.1, 0.15) is 84.0 Å². The molecule has 0 bridgehead atoms. The zero-order valence-electron chi connectivity index (χ0n) is 47.5.